The number of thioether (sulfide) groups is 1. The highest BCUT2D eigenvalue weighted by Gasteiger charge is 2.17. The zero-order chi connectivity index (χ0) is 19.9. The van der Waals surface area contributed by atoms with Gasteiger partial charge in [-0.3, -0.25) is 14.3 Å². The molecule has 29 heavy (non-hydrogen) atoms. The molecule has 1 amide bonds. The lowest BCUT2D eigenvalue weighted by Crippen LogP contribution is -2.19. The van der Waals surface area contributed by atoms with E-state index < -0.39 is 0 Å². The summed E-state index contributed by atoms with van der Waals surface area (Å²) >= 11 is 1.28. The number of hydrogen-bond donors (Lipinski definition) is 1. The minimum absolute atomic E-state index is 0.136. The molecule has 1 N–H and O–H groups in total. The topological polar surface area (TPSA) is 98.2 Å². The Hall–Kier alpha value is -3.72. The van der Waals surface area contributed by atoms with Gasteiger partial charge in [-0.2, -0.15) is 5.10 Å². The van der Waals surface area contributed by atoms with E-state index in [1.165, 1.54) is 24.2 Å². The number of rotatable bonds is 7. The molecule has 0 atom stereocenters. The first-order valence-corrected chi connectivity index (χ1v) is 9.69. The molecular formula is C20H16N6O2S. The van der Waals surface area contributed by atoms with Crippen molar-refractivity contribution >= 4 is 23.9 Å². The van der Waals surface area contributed by atoms with Gasteiger partial charge >= 0.3 is 0 Å². The Morgan fingerprint density at radius 3 is 2.69 bits per heavy atom. The van der Waals surface area contributed by atoms with Crippen molar-refractivity contribution in [1.29, 1.82) is 0 Å². The van der Waals surface area contributed by atoms with Gasteiger partial charge in [0.15, 0.2) is 11.0 Å². The molecule has 3 heterocycles. The predicted molar refractivity (Wildman–Crippen MR) is 110 cm³/mol. The summed E-state index contributed by atoms with van der Waals surface area (Å²) in [5.41, 5.74) is 4.26. The van der Waals surface area contributed by atoms with E-state index in [1.54, 1.807) is 24.5 Å². The van der Waals surface area contributed by atoms with E-state index >= 15 is 0 Å². The van der Waals surface area contributed by atoms with Crippen LogP contribution in [0.1, 0.15) is 5.76 Å². The maximum absolute atomic E-state index is 12.1. The molecular weight excluding hydrogens is 388 g/mol. The third kappa shape index (κ3) is 4.58. The van der Waals surface area contributed by atoms with Crippen molar-refractivity contribution in [2.45, 2.75) is 5.16 Å². The lowest BCUT2D eigenvalue weighted by Gasteiger charge is -2.09. The highest BCUT2D eigenvalue weighted by atomic mass is 32.2. The van der Waals surface area contributed by atoms with Crippen LogP contribution in [0, 0.1) is 0 Å². The normalized spacial score (nSPS) is 11.0. The number of nitrogens with zero attached hydrogens (tertiary/aromatic N) is 5. The minimum atomic E-state index is -0.258. The first-order valence-electron chi connectivity index (χ1n) is 8.71. The summed E-state index contributed by atoms with van der Waals surface area (Å²) in [5.74, 6) is 1.11. The number of benzene rings is 1. The van der Waals surface area contributed by atoms with E-state index in [-0.39, 0.29) is 11.7 Å². The van der Waals surface area contributed by atoms with Crippen molar-refractivity contribution in [3.63, 3.8) is 0 Å². The van der Waals surface area contributed by atoms with Crippen LogP contribution in [0.4, 0.5) is 0 Å². The number of carbonyl (C=O) groups excluding carboxylic acids is 1. The van der Waals surface area contributed by atoms with E-state index in [0.717, 1.165) is 11.3 Å². The molecule has 4 aromatic rings. The second kappa shape index (κ2) is 8.98. The Labute approximate surface area is 170 Å². The molecule has 0 fully saturated rings. The first-order chi connectivity index (χ1) is 14.3. The van der Waals surface area contributed by atoms with E-state index in [4.69, 9.17) is 4.42 Å². The van der Waals surface area contributed by atoms with Gasteiger partial charge in [-0.25, -0.2) is 5.43 Å². The van der Waals surface area contributed by atoms with Gasteiger partial charge in [-0.1, -0.05) is 30.0 Å². The fourth-order valence-corrected chi connectivity index (χ4v) is 3.30. The van der Waals surface area contributed by atoms with Gasteiger partial charge in [0, 0.05) is 23.6 Å². The lowest BCUT2D eigenvalue weighted by molar-refractivity contribution is -0.118. The van der Waals surface area contributed by atoms with Gasteiger partial charge in [0.1, 0.15) is 5.76 Å². The van der Waals surface area contributed by atoms with Crippen molar-refractivity contribution in [2.75, 3.05) is 5.75 Å². The summed E-state index contributed by atoms with van der Waals surface area (Å²) in [5, 5.41) is 13.1. The van der Waals surface area contributed by atoms with Crippen molar-refractivity contribution < 1.29 is 9.21 Å². The van der Waals surface area contributed by atoms with Gasteiger partial charge in [-0.15, -0.1) is 10.2 Å². The number of aromatic nitrogens is 4. The standard InChI is InChI=1S/C20H16N6O2S/c27-18(23-22-13-17-7-4-12-28-17)14-29-20-25-24-19(15-8-10-21-11-9-15)26(20)16-5-2-1-3-6-16/h1-13H,14H2,(H,23,27)/b22-13-. The number of amides is 1. The molecule has 0 aliphatic heterocycles. The van der Waals surface area contributed by atoms with Crippen molar-refractivity contribution in [3.05, 3.63) is 79.0 Å². The molecule has 1 aromatic carbocycles. The SMILES string of the molecule is O=C(CSc1nnc(-c2ccncc2)n1-c1ccccc1)N/N=C\c1ccco1. The van der Waals surface area contributed by atoms with E-state index in [9.17, 15) is 4.79 Å². The number of hydrazone groups is 1. The fraction of sp³-hybridized carbons (Fsp3) is 0.0500. The molecule has 0 unspecified atom stereocenters. The number of furan rings is 1. The van der Waals surface area contributed by atoms with Crippen LogP contribution >= 0.6 is 11.8 Å². The van der Waals surface area contributed by atoms with Gasteiger partial charge in [0.25, 0.3) is 5.91 Å². The molecule has 144 valence electrons. The van der Waals surface area contributed by atoms with E-state index in [2.05, 4.69) is 25.7 Å². The molecule has 0 aliphatic carbocycles. The summed E-state index contributed by atoms with van der Waals surface area (Å²) < 4.78 is 7.04. The summed E-state index contributed by atoms with van der Waals surface area (Å²) in [6.45, 7) is 0. The Bertz CT molecular complexity index is 1090. The molecule has 3 aromatic heterocycles. The maximum atomic E-state index is 12.1. The molecule has 9 heteroatoms. The van der Waals surface area contributed by atoms with Crippen LogP contribution < -0.4 is 5.43 Å². The van der Waals surface area contributed by atoms with Crippen LogP contribution in [-0.2, 0) is 4.79 Å². The van der Waals surface area contributed by atoms with Crippen LogP contribution in [0.3, 0.4) is 0 Å². The molecule has 0 saturated carbocycles. The zero-order valence-corrected chi connectivity index (χ0v) is 16.0. The Morgan fingerprint density at radius 2 is 1.93 bits per heavy atom. The molecule has 0 bridgehead atoms. The van der Waals surface area contributed by atoms with Gasteiger partial charge in [0.2, 0.25) is 0 Å². The number of pyridine rings is 1. The number of para-hydroxylation sites is 1. The van der Waals surface area contributed by atoms with Crippen LogP contribution in [0.15, 0.2) is 87.9 Å². The van der Waals surface area contributed by atoms with Gasteiger partial charge in [-0.05, 0) is 36.4 Å². The highest BCUT2D eigenvalue weighted by Crippen LogP contribution is 2.27. The Morgan fingerprint density at radius 1 is 1.10 bits per heavy atom. The molecule has 4 rings (SSSR count). The summed E-state index contributed by atoms with van der Waals surface area (Å²) in [6.07, 6.45) is 6.39. The van der Waals surface area contributed by atoms with Crippen molar-refractivity contribution in [2.24, 2.45) is 5.10 Å². The van der Waals surface area contributed by atoms with Crippen LogP contribution in [-0.4, -0.2) is 37.6 Å². The van der Waals surface area contributed by atoms with Gasteiger partial charge in [0.05, 0.1) is 18.2 Å². The Balaban J connectivity index is 1.51. The molecule has 0 saturated heterocycles. The largest absolute Gasteiger partial charge is 0.463 e. The quantitative estimate of drug-likeness (QED) is 0.289. The summed E-state index contributed by atoms with van der Waals surface area (Å²) in [7, 11) is 0. The van der Waals surface area contributed by atoms with Crippen molar-refractivity contribution in [1.82, 2.24) is 25.2 Å². The molecule has 0 radical (unpaired) electrons. The third-order valence-corrected chi connectivity index (χ3v) is 4.77. The summed E-state index contributed by atoms with van der Waals surface area (Å²) in [6, 6.07) is 17.0. The third-order valence-electron chi connectivity index (χ3n) is 3.84. The number of carbonyl (C=O) groups is 1. The highest BCUT2D eigenvalue weighted by molar-refractivity contribution is 7.99. The molecule has 0 aliphatic rings. The van der Waals surface area contributed by atoms with E-state index in [0.29, 0.717) is 16.7 Å². The lowest BCUT2D eigenvalue weighted by atomic mass is 10.2. The summed E-state index contributed by atoms with van der Waals surface area (Å²) in [4.78, 5) is 16.2. The smallest absolute Gasteiger partial charge is 0.250 e. The molecule has 0 spiro atoms. The monoisotopic (exact) mass is 404 g/mol. The van der Waals surface area contributed by atoms with Gasteiger partial charge < -0.3 is 4.42 Å². The number of nitrogens with one attached hydrogen (secondary N) is 1. The van der Waals surface area contributed by atoms with E-state index in [1.807, 2.05) is 47.0 Å². The average molecular weight is 404 g/mol. The second-order valence-corrected chi connectivity index (χ2v) is 6.75. The van der Waals surface area contributed by atoms with Crippen LogP contribution in [0.5, 0.6) is 0 Å². The first kappa shape index (κ1) is 18.6. The second-order valence-electron chi connectivity index (χ2n) is 5.81. The zero-order valence-electron chi connectivity index (χ0n) is 15.2. The average Bonchev–Trinajstić information content (AvgIpc) is 3.43. The maximum Gasteiger partial charge on any atom is 0.250 e. The Kier molecular flexibility index (Phi) is 5.77. The fourth-order valence-electron chi connectivity index (χ4n) is 2.56. The van der Waals surface area contributed by atoms with Crippen molar-refractivity contribution in [3.8, 4) is 17.1 Å². The van der Waals surface area contributed by atoms with Crippen LogP contribution in [0.25, 0.3) is 17.1 Å². The molecule has 8 nitrogen and oxygen atoms in total. The van der Waals surface area contributed by atoms with Crippen LogP contribution in [0.2, 0.25) is 0 Å². The number of hydrogen-bond acceptors (Lipinski definition) is 7. The predicted octanol–water partition coefficient (Wildman–Crippen LogP) is 3.16. The minimum Gasteiger partial charge on any atom is -0.463 e.